The third kappa shape index (κ3) is 11.4. The molecule has 2 aromatic rings. The summed E-state index contributed by atoms with van der Waals surface area (Å²) in [4.78, 5) is 4.24. The molecule has 0 spiro atoms. The van der Waals surface area contributed by atoms with Gasteiger partial charge in [-0.3, -0.25) is 4.99 Å². The van der Waals surface area contributed by atoms with Crippen LogP contribution in [0.5, 0.6) is 0 Å². The topological polar surface area (TPSA) is 29.3 Å². The largest absolute Gasteiger partial charge is 0.378 e. The molecule has 0 radical (unpaired) electrons. The van der Waals surface area contributed by atoms with Crippen LogP contribution in [0.15, 0.2) is 77.1 Å². The molecule has 0 saturated carbocycles. The number of hydrogen-bond acceptors (Lipinski definition) is 2. The van der Waals surface area contributed by atoms with E-state index in [0.29, 0.717) is 5.41 Å². The third-order valence-corrected chi connectivity index (χ3v) is 6.14. The summed E-state index contributed by atoms with van der Waals surface area (Å²) in [5, 5.41) is 3.67. The summed E-state index contributed by atoms with van der Waals surface area (Å²) >= 11 is 0. The van der Waals surface area contributed by atoms with Crippen molar-refractivity contribution < 1.29 is 2.85 Å². The fourth-order valence-corrected chi connectivity index (χ4v) is 4.13. The van der Waals surface area contributed by atoms with Crippen LogP contribution in [0.25, 0.3) is 16.8 Å². The minimum absolute atomic E-state index is 0. The molecule has 3 nitrogen and oxygen atoms in total. The van der Waals surface area contributed by atoms with Crippen LogP contribution in [-0.4, -0.2) is 23.9 Å². The van der Waals surface area contributed by atoms with E-state index in [0.717, 1.165) is 18.5 Å². The van der Waals surface area contributed by atoms with Crippen molar-refractivity contribution in [1.82, 2.24) is 9.88 Å². The van der Waals surface area contributed by atoms with Gasteiger partial charge < -0.3 is 9.88 Å². The molecule has 0 amide bonds. The van der Waals surface area contributed by atoms with Crippen LogP contribution in [0, 0.1) is 5.41 Å². The Labute approximate surface area is 231 Å². The first-order chi connectivity index (χ1) is 17.7. The van der Waals surface area contributed by atoms with Gasteiger partial charge in [0.15, 0.2) is 0 Å². The second-order valence-electron chi connectivity index (χ2n) is 10.7. The van der Waals surface area contributed by atoms with Crippen LogP contribution in [0.1, 0.15) is 95.9 Å². The first-order valence-corrected chi connectivity index (χ1v) is 14.2. The molecule has 1 unspecified atom stereocenters. The summed E-state index contributed by atoms with van der Waals surface area (Å²) in [7, 11) is 3.88. The Balaban J connectivity index is 0. The van der Waals surface area contributed by atoms with Gasteiger partial charge in [-0.05, 0) is 71.2 Å². The summed E-state index contributed by atoms with van der Waals surface area (Å²) in [5.74, 6) is 0. The van der Waals surface area contributed by atoms with Gasteiger partial charge in [0.25, 0.3) is 0 Å². The molecule has 37 heavy (non-hydrogen) atoms. The number of benzene rings is 1. The van der Waals surface area contributed by atoms with E-state index in [9.17, 15) is 0 Å². The van der Waals surface area contributed by atoms with Crippen LogP contribution in [-0.2, 0) is 7.05 Å². The van der Waals surface area contributed by atoms with Crippen molar-refractivity contribution in [3.63, 3.8) is 0 Å². The second-order valence-corrected chi connectivity index (χ2v) is 10.7. The highest BCUT2D eigenvalue weighted by atomic mass is 14.9. The van der Waals surface area contributed by atoms with E-state index in [1.54, 1.807) is 0 Å². The van der Waals surface area contributed by atoms with Gasteiger partial charge in [0, 0.05) is 47.3 Å². The van der Waals surface area contributed by atoms with Gasteiger partial charge in [0.1, 0.15) is 0 Å². The molecule has 1 aromatic heterocycles. The number of allylic oxidation sites excluding steroid dienone is 3. The standard InChI is InChI=1S/C24H29N3.C8H18.C2H6.2H2/c1-5-6-8-21(16-25-3)23-11-12-24(26-18(23)2)20-10-7-9-19(15-20)22-13-14-27(4)17-22;1-5-6-7-8(2,3)4;1-2;;/h7-18,26H,5-6H2,1-4H3;5-7H2,1-4H3;1-2H3;2*1H/b21-8+,25-16?;;;;. The lowest BCUT2D eigenvalue weighted by Crippen LogP contribution is -2.30. The first kappa shape index (κ1) is 32.2. The number of aromatic nitrogens is 1. The van der Waals surface area contributed by atoms with Gasteiger partial charge in [-0.2, -0.15) is 0 Å². The van der Waals surface area contributed by atoms with E-state index in [1.165, 1.54) is 47.1 Å². The van der Waals surface area contributed by atoms with Crippen molar-refractivity contribution in [2.45, 2.75) is 93.5 Å². The summed E-state index contributed by atoms with van der Waals surface area (Å²) in [5.41, 5.74) is 7.90. The average molecular weight is 508 g/mol. The van der Waals surface area contributed by atoms with Gasteiger partial charge in [0.05, 0.1) is 0 Å². The summed E-state index contributed by atoms with van der Waals surface area (Å²) in [6, 6.07) is 11.1. The minimum Gasteiger partial charge on any atom is -0.378 e. The minimum atomic E-state index is 0. The number of nitrogens with zero attached hydrogens (tertiary/aromatic N) is 2. The Bertz CT molecular complexity index is 1050. The van der Waals surface area contributed by atoms with Crippen molar-refractivity contribution in [1.29, 1.82) is 0 Å². The van der Waals surface area contributed by atoms with Crippen LogP contribution in [0.2, 0.25) is 0 Å². The zero-order chi connectivity index (χ0) is 27.8. The van der Waals surface area contributed by atoms with Gasteiger partial charge in [0.2, 0.25) is 0 Å². The smallest absolute Gasteiger partial charge is 0.0492 e. The molecule has 0 fully saturated rings. The predicted molar refractivity (Wildman–Crippen MR) is 171 cm³/mol. The third-order valence-electron chi connectivity index (χ3n) is 6.14. The highest BCUT2D eigenvalue weighted by Gasteiger charge is 2.17. The fraction of sp³-hybridized carbons (Fsp3) is 0.500. The van der Waals surface area contributed by atoms with E-state index in [1.807, 2.05) is 27.1 Å². The Kier molecular flexibility index (Phi) is 14.7. The second kappa shape index (κ2) is 16.8. The lowest BCUT2D eigenvalue weighted by Gasteiger charge is -2.25. The van der Waals surface area contributed by atoms with Gasteiger partial charge in [-0.15, -0.1) is 0 Å². The normalized spacial score (nSPS) is 15.6. The van der Waals surface area contributed by atoms with Crippen molar-refractivity contribution in [3.05, 3.63) is 77.7 Å². The Morgan fingerprint density at radius 1 is 1.05 bits per heavy atom. The molecule has 1 N–H and O–H groups in total. The highest BCUT2D eigenvalue weighted by Crippen LogP contribution is 2.27. The number of unbranched alkanes of at least 4 members (excludes halogenated alkanes) is 2. The van der Waals surface area contributed by atoms with E-state index in [-0.39, 0.29) is 8.90 Å². The van der Waals surface area contributed by atoms with Gasteiger partial charge in [-0.1, -0.05) is 98.1 Å². The van der Waals surface area contributed by atoms with Crippen LogP contribution in [0.3, 0.4) is 0 Å². The molecule has 1 aliphatic heterocycles. The van der Waals surface area contributed by atoms with Crippen molar-refractivity contribution in [3.8, 4) is 11.1 Å². The molecule has 208 valence electrons. The fourth-order valence-electron chi connectivity index (χ4n) is 4.13. The molecule has 0 saturated heterocycles. The van der Waals surface area contributed by atoms with Crippen molar-refractivity contribution in [2.75, 3.05) is 7.05 Å². The first-order valence-electron chi connectivity index (χ1n) is 14.2. The SMILES string of the molecule is CC.CCC/C=C(\C=NC)C1=CC=C(c2cccc(-c3ccn(C)c3)c2)NC1C.CCCCC(C)(C)C.[HH].[HH]. The summed E-state index contributed by atoms with van der Waals surface area (Å²) < 4.78 is 2.08. The van der Waals surface area contributed by atoms with Crippen LogP contribution >= 0.6 is 0 Å². The maximum Gasteiger partial charge on any atom is 0.0492 e. The molecular formula is C34H57N3. The molecule has 0 bridgehead atoms. The van der Waals surface area contributed by atoms with E-state index < -0.39 is 0 Å². The molecule has 1 aliphatic rings. The lowest BCUT2D eigenvalue weighted by atomic mass is 9.90. The van der Waals surface area contributed by atoms with Gasteiger partial charge in [-0.25, -0.2) is 0 Å². The van der Waals surface area contributed by atoms with Crippen molar-refractivity contribution in [2.24, 2.45) is 17.5 Å². The summed E-state index contributed by atoms with van der Waals surface area (Å²) in [6.07, 6.45) is 19.2. The van der Waals surface area contributed by atoms with Crippen LogP contribution in [0.4, 0.5) is 0 Å². The molecule has 1 atom stereocenters. The maximum atomic E-state index is 4.24. The number of rotatable bonds is 8. The van der Waals surface area contributed by atoms with E-state index >= 15 is 0 Å². The molecule has 3 heteroatoms. The molecular weight excluding hydrogens is 450 g/mol. The lowest BCUT2D eigenvalue weighted by molar-refractivity contribution is 0.363. The molecule has 0 aliphatic carbocycles. The van der Waals surface area contributed by atoms with E-state index in [4.69, 9.17) is 0 Å². The maximum absolute atomic E-state index is 4.24. The number of dihydropyridines is 1. The Morgan fingerprint density at radius 2 is 1.76 bits per heavy atom. The highest BCUT2D eigenvalue weighted by molar-refractivity contribution is 5.86. The average Bonchev–Trinajstić information content (AvgIpc) is 3.33. The quantitative estimate of drug-likeness (QED) is 0.354. The molecule has 3 rings (SSSR count). The number of nitrogens with one attached hydrogen (secondary N) is 1. The van der Waals surface area contributed by atoms with Gasteiger partial charge >= 0.3 is 0 Å². The Hall–Kier alpha value is -2.81. The number of aryl methyl sites for hydroxylation is 1. The monoisotopic (exact) mass is 507 g/mol. The number of hydrogen-bond donors (Lipinski definition) is 1. The zero-order valence-corrected chi connectivity index (χ0v) is 25.4. The Morgan fingerprint density at radius 3 is 2.27 bits per heavy atom. The molecule has 1 aromatic carbocycles. The van der Waals surface area contributed by atoms with E-state index in [2.05, 4.69) is 124 Å². The van der Waals surface area contributed by atoms with Crippen molar-refractivity contribution >= 4 is 11.9 Å². The van der Waals surface area contributed by atoms with Crippen LogP contribution < -0.4 is 5.32 Å². The summed E-state index contributed by atoms with van der Waals surface area (Å²) in [6.45, 7) is 17.5. The predicted octanol–water partition coefficient (Wildman–Crippen LogP) is 10.1. The molecule has 2 heterocycles. The number of aliphatic imine (C=N–C) groups is 1. The zero-order valence-electron chi connectivity index (χ0n) is 25.4.